The van der Waals surface area contributed by atoms with Crippen molar-refractivity contribution in [2.75, 3.05) is 0 Å². The minimum atomic E-state index is -0.543. The molecule has 0 amide bonds. The molecule has 2 rings (SSSR count). The number of carbonyl (C=O) groups is 1. The zero-order valence-corrected chi connectivity index (χ0v) is 10.9. The van der Waals surface area contributed by atoms with E-state index in [0.717, 1.165) is 10.4 Å². The van der Waals surface area contributed by atoms with Crippen LogP contribution in [0.2, 0.25) is 0 Å². The maximum atomic E-state index is 12.3. The molecule has 0 aliphatic rings. The van der Waals surface area contributed by atoms with Crippen molar-refractivity contribution in [2.45, 2.75) is 27.7 Å². The molecule has 5 nitrogen and oxygen atoms in total. The average molecular weight is 245 g/mol. The van der Waals surface area contributed by atoms with Gasteiger partial charge in [0.2, 0.25) is 0 Å². The molecule has 0 atom stereocenters. The number of ketones is 1. The van der Waals surface area contributed by atoms with E-state index in [4.69, 9.17) is 0 Å². The van der Waals surface area contributed by atoms with Gasteiger partial charge in [-0.2, -0.15) is 0 Å². The predicted molar refractivity (Wildman–Crippen MR) is 69.4 cm³/mol. The van der Waals surface area contributed by atoms with Crippen LogP contribution in [-0.2, 0) is 0 Å². The van der Waals surface area contributed by atoms with E-state index in [0.29, 0.717) is 16.6 Å². The number of aromatic nitrogens is 2. The quantitative estimate of drug-likeness (QED) is 0.603. The van der Waals surface area contributed by atoms with Gasteiger partial charge in [0.25, 0.3) is 0 Å². The zero-order valence-electron chi connectivity index (χ0n) is 10.9. The van der Waals surface area contributed by atoms with Crippen molar-refractivity contribution in [3.05, 3.63) is 34.4 Å². The molecule has 18 heavy (non-hydrogen) atoms. The lowest BCUT2D eigenvalue weighted by Gasteiger charge is -2.14. The summed E-state index contributed by atoms with van der Waals surface area (Å²) in [6, 6.07) is 5.46. The van der Waals surface area contributed by atoms with Crippen molar-refractivity contribution in [1.82, 2.24) is 9.89 Å². The Morgan fingerprint density at radius 1 is 1.33 bits per heavy atom. The van der Waals surface area contributed by atoms with Gasteiger partial charge in [-0.25, -0.2) is 0 Å². The summed E-state index contributed by atoms with van der Waals surface area (Å²) in [6.07, 6.45) is 0. The molecule has 0 saturated heterocycles. The lowest BCUT2D eigenvalue weighted by atomic mass is 9.88. The number of nitroso groups, excluding NO2 is 1. The number of carbonyl (C=O) groups excluding carboxylic acids is 1. The van der Waals surface area contributed by atoms with Gasteiger partial charge in [-0.15, -0.1) is 14.8 Å². The van der Waals surface area contributed by atoms with E-state index in [2.05, 4.69) is 10.4 Å². The number of aryl methyl sites for hydroxylation is 1. The first-order chi connectivity index (χ1) is 8.34. The van der Waals surface area contributed by atoms with Crippen LogP contribution in [0.5, 0.6) is 0 Å². The Morgan fingerprint density at radius 3 is 2.56 bits per heavy atom. The molecule has 1 aromatic heterocycles. The molecule has 1 heterocycles. The number of benzene rings is 1. The van der Waals surface area contributed by atoms with Crippen molar-refractivity contribution in [1.29, 1.82) is 0 Å². The van der Waals surface area contributed by atoms with Crippen LogP contribution in [0.15, 0.2) is 23.5 Å². The lowest BCUT2D eigenvalue weighted by Crippen LogP contribution is -2.21. The Morgan fingerprint density at radius 2 is 2.00 bits per heavy atom. The van der Waals surface area contributed by atoms with Gasteiger partial charge in [-0.3, -0.25) is 4.79 Å². The monoisotopic (exact) mass is 245 g/mol. The van der Waals surface area contributed by atoms with Gasteiger partial charge >= 0.3 is 0 Å². The predicted octanol–water partition coefficient (Wildman–Crippen LogP) is 3.10. The SMILES string of the molecule is Cc1ccc2c(c1)c(C(=O)C(C)(C)C)nn2N=O. The van der Waals surface area contributed by atoms with Gasteiger partial charge in [0.1, 0.15) is 5.69 Å². The fourth-order valence-corrected chi connectivity index (χ4v) is 1.80. The molecule has 94 valence electrons. The van der Waals surface area contributed by atoms with Crippen molar-refractivity contribution < 1.29 is 4.79 Å². The average Bonchev–Trinajstić information content (AvgIpc) is 2.64. The molecule has 0 spiro atoms. The normalized spacial score (nSPS) is 11.8. The molecule has 0 saturated carbocycles. The Labute approximate surface area is 105 Å². The number of rotatable bonds is 2. The summed E-state index contributed by atoms with van der Waals surface area (Å²) in [5.41, 5.74) is 1.33. The van der Waals surface area contributed by atoms with E-state index >= 15 is 0 Å². The zero-order chi connectivity index (χ0) is 13.5. The third-order valence-corrected chi connectivity index (χ3v) is 2.79. The summed E-state index contributed by atoms with van der Waals surface area (Å²) >= 11 is 0. The number of hydrogen-bond donors (Lipinski definition) is 0. The third-order valence-electron chi connectivity index (χ3n) is 2.79. The Balaban J connectivity index is 2.75. The van der Waals surface area contributed by atoms with E-state index in [1.165, 1.54) is 0 Å². The highest BCUT2D eigenvalue weighted by atomic mass is 16.3. The van der Waals surface area contributed by atoms with E-state index in [1.807, 2.05) is 39.8 Å². The summed E-state index contributed by atoms with van der Waals surface area (Å²) in [6.45, 7) is 7.40. The Bertz CT molecular complexity index is 635. The van der Waals surface area contributed by atoms with Crippen LogP contribution in [-0.4, -0.2) is 15.7 Å². The molecule has 0 aliphatic carbocycles. The fraction of sp³-hybridized carbons (Fsp3) is 0.385. The Hall–Kier alpha value is -2.04. The molecule has 1 aromatic carbocycles. The second-order valence-corrected chi connectivity index (χ2v) is 5.42. The van der Waals surface area contributed by atoms with Crippen LogP contribution < -0.4 is 0 Å². The second kappa shape index (κ2) is 4.01. The van der Waals surface area contributed by atoms with Gasteiger partial charge in [-0.1, -0.05) is 32.4 Å². The highest BCUT2D eigenvalue weighted by Gasteiger charge is 2.28. The van der Waals surface area contributed by atoms with Gasteiger partial charge in [0.15, 0.2) is 5.78 Å². The van der Waals surface area contributed by atoms with E-state index in [9.17, 15) is 9.70 Å². The van der Waals surface area contributed by atoms with Crippen LogP contribution in [0.3, 0.4) is 0 Å². The number of hydrogen-bond acceptors (Lipinski definition) is 4. The van der Waals surface area contributed by atoms with E-state index in [-0.39, 0.29) is 5.78 Å². The van der Waals surface area contributed by atoms with Crippen LogP contribution in [0.25, 0.3) is 10.9 Å². The minimum Gasteiger partial charge on any atom is -0.292 e. The number of fused-ring (bicyclic) bond motifs is 1. The number of nitrogens with zero attached hydrogens (tertiary/aromatic N) is 3. The maximum Gasteiger partial charge on any atom is 0.189 e. The van der Waals surface area contributed by atoms with Gasteiger partial charge in [0.05, 0.1) is 10.8 Å². The molecule has 0 unspecified atom stereocenters. The number of Topliss-reactive ketones (excluding diaryl/α,β-unsaturated/α-hetero) is 1. The molecule has 0 bridgehead atoms. The highest BCUT2D eigenvalue weighted by molar-refractivity contribution is 6.08. The van der Waals surface area contributed by atoms with Crippen molar-refractivity contribution in [3.63, 3.8) is 0 Å². The van der Waals surface area contributed by atoms with E-state index < -0.39 is 5.41 Å². The molecule has 5 heteroatoms. The molecule has 0 fully saturated rings. The summed E-state index contributed by atoms with van der Waals surface area (Å²) in [7, 11) is 0. The molecular formula is C13H15N3O2. The summed E-state index contributed by atoms with van der Waals surface area (Å²) < 4.78 is 0. The first-order valence-corrected chi connectivity index (χ1v) is 5.72. The largest absolute Gasteiger partial charge is 0.292 e. The lowest BCUT2D eigenvalue weighted by molar-refractivity contribution is 0.0854. The molecule has 0 radical (unpaired) electrons. The van der Waals surface area contributed by atoms with Crippen LogP contribution in [0.1, 0.15) is 36.8 Å². The van der Waals surface area contributed by atoms with Crippen LogP contribution in [0, 0.1) is 17.2 Å². The van der Waals surface area contributed by atoms with Gasteiger partial charge in [-0.05, 0) is 19.1 Å². The topological polar surface area (TPSA) is 64.3 Å². The molecular weight excluding hydrogens is 230 g/mol. The van der Waals surface area contributed by atoms with Gasteiger partial charge in [0, 0.05) is 10.8 Å². The smallest absolute Gasteiger partial charge is 0.189 e. The third kappa shape index (κ3) is 1.92. The van der Waals surface area contributed by atoms with E-state index in [1.54, 1.807) is 6.07 Å². The summed E-state index contributed by atoms with van der Waals surface area (Å²) in [4.78, 5) is 24.0. The minimum absolute atomic E-state index is 0.0968. The fourth-order valence-electron chi connectivity index (χ4n) is 1.80. The molecule has 2 aromatic rings. The summed E-state index contributed by atoms with van der Waals surface area (Å²) in [5, 5.41) is 7.50. The van der Waals surface area contributed by atoms with Crippen LogP contribution >= 0.6 is 0 Å². The highest BCUT2D eigenvalue weighted by Crippen LogP contribution is 2.27. The maximum absolute atomic E-state index is 12.3. The second-order valence-electron chi connectivity index (χ2n) is 5.42. The first kappa shape index (κ1) is 12.4. The molecule has 0 N–H and O–H groups in total. The molecule has 0 aliphatic heterocycles. The van der Waals surface area contributed by atoms with Crippen molar-refractivity contribution in [2.24, 2.45) is 10.7 Å². The van der Waals surface area contributed by atoms with Crippen molar-refractivity contribution >= 4 is 16.7 Å². The van der Waals surface area contributed by atoms with Gasteiger partial charge < -0.3 is 0 Å². The standard InChI is InChI=1S/C13H15N3O2/c1-8-5-6-10-9(7-8)11(14-16(10)15-18)12(17)13(2,3)4/h5-7H,1-4H3. The first-order valence-electron chi connectivity index (χ1n) is 5.72. The summed E-state index contributed by atoms with van der Waals surface area (Å²) in [5.74, 6) is -0.0968. The van der Waals surface area contributed by atoms with Crippen molar-refractivity contribution in [3.8, 4) is 0 Å². The Kier molecular flexibility index (Phi) is 2.77. The van der Waals surface area contributed by atoms with Crippen LogP contribution in [0.4, 0.5) is 0 Å².